The molecule has 4 heteroatoms. The van der Waals surface area contributed by atoms with Crippen molar-refractivity contribution in [3.05, 3.63) is 61.6 Å². The summed E-state index contributed by atoms with van der Waals surface area (Å²) in [5.41, 5.74) is 3.43. The SMILES string of the molecule is O=c1ccc2c([nH]1)CCCC2Nc1ccc(I)cc1. The summed E-state index contributed by atoms with van der Waals surface area (Å²) in [5.74, 6) is 0. The summed E-state index contributed by atoms with van der Waals surface area (Å²) in [6.45, 7) is 0. The molecule has 0 amide bonds. The number of fused-ring (bicyclic) bond motifs is 1. The molecule has 1 aromatic heterocycles. The van der Waals surface area contributed by atoms with Crippen LogP contribution in [0.25, 0.3) is 0 Å². The number of benzene rings is 1. The maximum Gasteiger partial charge on any atom is 0.248 e. The van der Waals surface area contributed by atoms with Gasteiger partial charge in [0.2, 0.25) is 5.56 Å². The lowest BCUT2D eigenvalue weighted by molar-refractivity contribution is 0.587. The predicted octanol–water partition coefficient (Wildman–Crippen LogP) is 3.47. The first-order chi connectivity index (χ1) is 9.22. The summed E-state index contributed by atoms with van der Waals surface area (Å²) >= 11 is 2.30. The quantitative estimate of drug-likeness (QED) is 0.800. The molecule has 0 spiro atoms. The molecule has 0 aliphatic heterocycles. The number of aromatic nitrogens is 1. The maximum atomic E-state index is 11.4. The van der Waals surface area contributed by atoms with Crippen molar-refractivity contribution in [1.29, 1.82) is 0 Å². The van der Waals surface area contributed by atoms with Crippen molar-refractivity contribution in [3.63, 3.8) is 0 Å². The number of halogens is 1. The number of hydrogen-bond donors (Lipinski definition) is 2. The van der Waals surface area contributed by atoms with Gasteiger partial charge in [0.1, 0.15) is 0 Å². The van der Waals surface area contributed by atoms with Crippen molar-refractivity contribution >= 4 is 28.3 Å². The van der Waals surface area contributed by atoms with Gasteiger partial charge in [0.15, 0.2) is 0 Å². The molecule has 1 aromatic carbocycles. The van der Waals surface area contributed by atoms with E-state index < -0.39 is 0 Å². The van der Waals surface area contributed by atoms with Gasteiger partial charge in [0, 0.05) is 21.0 Å². The fraction of sp³-hybridized carbons (Fsp3) is 0.267. The minimum absolute atomic E-state index is 0.00587. The summed E-state index contributed by atoms with van der Waals surface area (Å²) in [7, 11) is 0. The molecule has 1 heterocycles. The number of nitrogens with one attached hydrogen (secondary N) is 2. The van der Waals surface area contributed by atoms with E-state index in [9.17, 15) is 4.79 Å². The van der Waals surface area contributed by atoms with Crippen LogP contribution in [-0.4, -0.2) is 4.98 Å². The van der Waals surface area contributed by atoms with Crippen molar-refractivity contribution < 1.29 is 0 Å². The Kier molecular flexibility index (Phi) is 3.59. The van der Waals surface area contributed by atoms with E-state index in [0.29, 0.717) is 6.04 Å². The highest BCUT2D eigenvalue weighted by Gasteiger charge is 2.20. The number of hydrogen-bond acceptors (Lipinski definition) is 2. The van der Waals surface area contributed by atoms with E-state index in [1.165, 1.54) is 9.13 Å². The Bertz CT molecular complexity index is 633. The van der Waals surface area contributed by atoms with Crippen molar-refractivity contribution in [2.45, 2.75) is 25.3 Å². The summed E-state index contributed by atoms with van der Waals surface area (Å²) in [6.07, 6.45) is 3.18. The first kappa shape index (κ1) is 12.7. The Morgan fingerprint density at radius 1 is 1.16 bits per heavy atom. The fourth-order valence-electron chi connectivity index (χ4n) is 2.60. The van der Waals surface area contributed by atoms with Crippen LogP contribution in [-0.2, 0) is 6.42 Å². The monoisotopic (exact) mass is 366 g/mol. The smallest absolute Gasteiger partial charge is 0.248 e. The van der Waals surface area contributed by atoms with Crippen LogP contribution >= 0.6 is 22.6 Å². The van der Waals surface area contributed by atoms with Crippen LogP contribution in [0.3, 0.4) is 0 Å². The lowest BCUT2D eigenvalue weighted by atomic mass is 9.91. The average molecular weight is 366 g/mol. The molecule has 3 nitrogen and oxygen atoms in total. The standard InChI is InChI=1S/C15H15IN2O/c16-10-4-6-11(7-5-10)17-13-2-1-3-14-12(13)8-9-15(19)18-14/h4-9,13,17H,1-3H2,(H,18,19). The topological polar surface area (TPSA) is 44.9 Å². The normalized spacial score (nSPS) is 17.8. The highest BCUT2D eigenvalue weighted by atomic mass is 127. The number of anilines is 1. The third-order valence-electron chi connectivity index (χ3n) is 3.52. The van der Waals surface area contributed by atoms with E-state index in [2.05, 4.69) is 57.2 Å². The first-order valence-electron chi connectivity index (χ1n) is 6.46. The molecule has 0 radical (unpaired) electrons. The molecule has 1 unspecified atom stereocenters. The van der Waals surface area contributed by atoms with Crippen molar-refractivity contribution in [2.75, 3.05) is 5.32 Å². The molecule has 0 bridgehead atoms. The Labute approximate surface area is 125 Å². The molecule has 1 aliphatic rings. The van der Waals surface area contributed by atoms with E-state index in [4.69, 9.17) is 0 Å². The minimum atomic E-state index is -0.00587. The molecule has 98 valence electrons. The van der Waals surface area contributed by atoms with E-state index in [0.717, 1.165) is 30.6 Å². The maximum absolute atomic E-state index is 11.4. The van der Waals surface area contributed by atoms with E-state index in [1.807, 2.05) is 6.07 Å². The van der Waals surface area contributed by atoms with Gasteiger partial charge in [-0.1, -0.05) is 0 Å². The second-order valence-corrected chi connectivity index (χ2v) is 6.10. The van der Waals surface area contributed by atoms with Crippen LogP contribution in [0.15, 0.2) is 41.2 Å². The number of rotatable bonds is 2. The van der Waals surface area contributed by atoms with Crippen molar-refractivity contribution in [1.82, 2.24) is 4.98 Å². The molecule has 19 heavy (non-hydrogen) atoms. The Balaban J connectivity index is 1.87. The second kappa shape index (κ2) is 5.36. The molecular formula is C15H15IN2O. The largest absolute Gasteiger partial charge is 0.378 e. The Morgan fingerprint density at radius 2 is 1.95 bits per heavy atom. The molecule has 1 aliphatic carbocycles. The summed E-state index contributed by atoms with van der Waals surface area (Å²) in [4.78, 5) is 14.3. The van der Waals surface area contributed by atoms with Gasteiger partial charge in [0.25, 0.3) is 0 Å². The van der Waals surface area contributed by atoms with E-state index in [1.54, 1.807) is 6.07 Å². The van der Waals surface area contributed by atoms with Crippen LogP contribution in [0.1, 0.15) is 30.1 Å². The van der Waals surface area contributed by atoms with Gasteiger partial charge in [-0.05, 0) is 77.7 Å². The summed E-state index contributed by atoms with van der Waals surface area (Å²) in [6, 6.07) is 12.3. The zero-order valence-electron chi connectivity index (χ0n) is 10.4. The summed E-state index contributed by atoms with van der Waals surface area (Å²) in [5, 5.41) is 3.56. The van der Waals surface area contributed by atoms with Gasteiger partial charge >= 0.3 is 0 Å². The highest BCUT2D eigenvalue weighted by Crippen LogP contribution is 2.30. The van der Waals surface area contributed by atoms with Crippen LogP contribution < -0.4 is 10.9 Å². The zero-order valence-corrected chi connectivity index (χ0v) is 12.6. The van der Waals surface area contributed by atoms with Gasteiger partial charge in [-0.3, -0.25) is 4.79 Å². The third kappa shape index (κ3) is 2.83. The molecule has 3 rings (SSSR count). The Hall–Kier alpha value is -1.30. The van der Waals surface area contributed by atoms with Gasteiger partial charge in [-0.2, -0.15) is 0 Å². The number of aromatic amines is 1. The second-order valence-electron chi connectivity index (χ2n) is 4.85. The van der Waals surface area contributed by atoms with Crippen LogP contribution in [0.5, 0.6) is 0 Å². The zero-order chi connectivity index (χ0) is 13.2. The van der Waals surface area contributed by atoms with E-state index >= 15 is 0 Å². The molecule has 2 aromatic rings. The highest BCUT2D eigenvalue weighted by molar-refractivity contribution is 14.1. The number of H-pyrrole nitrogens is 1. The average Bonchev–Trinajstić information content (AvgIpc) is 2.41. The summed E-state index contributed by atoms with van der Waals surface area (Å²) < 4.78 is 1.23. The third-order valence-corrected chi connectivity index (χ3v) is 4.24. The van der Waals surface area contributed by atoms with Crippen LogP contribution in [0, 0.1) is 3.57 Å². The lowest BCUT2D eigenvalue weighted by Gasteiger charge is -2.26. The van der Waals surface area contributed by atoms with Gasteiger partial charge in [-0.25, -0.2) is 0 Å². The van der Waals surface area contributed by atoms with Gasteiger partial charge < -0.3 is 10.3 Å². The van der Waals surface area contributed by atoms with Gasteiger partial charge in [-0.15, -0.1) is 0 Å². The van der Waals surface area contributed by atoms with E-state index in [-0.39, 0.29) is 5.56 Å². The molecule has 0 saturated carbocycles. The Morgan fingerprint density at radius 3 is 2.74 bits per heavy atom. The predicted molar refractivity (Wildman–Crippen MR) is 85.5 cm³/mol. The first-order valence-corrected chi connectivity index (χ1v) is 7.54. The van der Waals surface area contributed by atoms with Crippen molar-refractivity contribution in [3.8, 4) is 0 Å². The lowest BCUT2D eigenvalue weighted by Crippen LogP contribution is -2.21. The molecule has 0 fully saturated rings. The number of pyridine rings is 1. The molecule has 2 N–H and O–H groups in total. The van der Waals surface area contributed by atoms with Crippen molar-refractivity contribution in [2.24, 2.45) is 0 Å². The molecular weight excluding hydrogens is 351 g/mol. The van der Waals surface area contributed by atoms with Crippen LogP contribution in [0.4, 0.5) is 5.69 Å². The molecule has 1 atom stereocenters. The fourth-order valence-corrected chi connectivity index (χ4v) is 2.96. The van der Waals surface area contributed by atoms with Gasteiger partial charge in [0.05, 0.1) is 6.04 Å². The minimum Gasteiger partial charge on any atom is -0.378 e. The van der Waals surface area contributed by atoms with Crippen LogP contribution in [0.2, 0.25) is 0 Å². The molecule has 0 saturated heterocycles. The number of aryl methyl sites for hydroxylation is 1.